The van der Waals surface area contributed by atoms with Gasteiger partial charge in [-0.05, 0) is 123 Å². The Morgan fingerprint density at radius 2 is 1.89 bits per heavy atom. The van der Waals surface area contributed by atoms with Crippen LogP contribution in [0.5, 0.6) is 11.5 Å². The molecule has 3 saturated carbocycles. The van der Waals surface area contributed by atoms with E-state index in [1.54, 1.807) is 7.11 Å². The Hall–Kier alpha value is -1.81. The van der Waals surface area contributed by atoms with Gasteiger partial charge in [-0.15, -0.1) is 0 Å². The Balaban J connectivity index is 1.22. The van der Waals surface area contributed by atoms with Gasteiger partial charge in [0.1, 0.15) is 0 Å². The molecular weight excluding hydrogens is 458 g/mol. The van der Waals surface area contributed by atoms with Gasteiger partial charge in [0.05, 0.1) is 13.7 Å². The van der Waals surface area contributed by atoms with Crippen molar-refractivity contribution in [2.45, 2.75) is 85.6 Å². The van der Waals surface area contributed by atoms with Gasteiger partial charge in [0.2, 0.25) is 0 Å². The molecule has 0 aromatic heterocycles. The smallest absolute Gasteiger partial charge is 0.161 e. The number of ketones is 1. The fourth-order valence-electron chi connectivity index (χ4n) is 9.12. The van der Waals surface area contributed by atoms with Crippen LogP contribution < -0.4 is 9.47 Å². The minimum absolute atomic E-state index is 0.369. The molecule has 0 saturated heterocycles. The SMILES string of the molecule is CCN(CC)Cc1ccc(OCC[C@H]2CCC3C4C(CCC32C)C2CCC(=O)C=C2C[C@H]4C)c(OC)c1. The van der Waals surface area contributed by atoms with Gasteiger partial charge in [-0.25, -0.2) is 0 Å². The fraction of sp³-hybridized carbons (Fsp3) is 0.727. The van der Waals surface area contributed by atoms with Crippen molar-refractivity contribution in [2.75, 3.05) is 26.8 Å². The van der Waals surface area contributed by atoms with Crippen molar-refractivity contribution in [3.8, 4) is 11.5 Å². The summed E-state index contributed by atoms with van der Waals surface area (Å²) in [6, 6.07) is 6.44. The summed E-state index contributed by atoms with van der Waals surface area (Å²) >= 11 is 0. The summed E-state index contributed by atoms with van der Waals surface area (Å²) in [7, 11) is 1.75. The van der Waals surface area contributed by atoms with Crippen LogP contribution in [0, 0.1) is 40.9 Å². The monoisotopic (exact) mass is 507 g/mol. The predicted octanol–water partition coefficient (Wildman–Crippen LogP) is 7.31. The highest BCUT2D eigenvalue weighted by Crippen LogP contribution is 2.65. The zero-order chi connectivity index (χ0) is 26.2. The van der Waals surface area contributed by atoms with E-state index in [9.17, 15) is 4.79 Å². The molecule has 0 bridgehead atoms. The van der Waals surface area contributed by atoms with Crippen LogP contribution in [0.2, 0.25) is 0 Å². The number of hydrogen-bond donors (Lipinski definition) is 0. The van der Waals surface area contributed by atoms with Crippen molar-refractivity contribution in [3.63, 3.8) is 0 Å². The molecule has 37 heavy (non-hydrogen) atoms. The lowest BCUT2D eigenvalue weighted by Crippen LogP contribution is -2.49. The summed E-state index contributed by atoms with van der Waals surface area (Å²) < 4.78 is 12.1. The minimum Gasteiger partial charge on any atom is -0.493 e. The molecule has 5 rings (SSSR count). The Morgan fingerprint density at radius 1 is 1.08 bits per heavy atom. The second-order valence-corrected chi connectivity index (χ2v) is 12.8. The molecule has 4 nitrogen and oxygen atoms in total. The molecule has 204 valence electrons. The van der Waals surface area contributed by atoms with E-state index in [-0.39, 0.29) is 0 Å². The quantitative estimate of drug-likeness (QED) is 0.351. The molecule has 7 atom stereocenters. The maximum atomic E-state index is 12.1. The first-order chi connectivity index (χ1) is 17.9. The number of allylic oxidation sites excluding steroid dienone is 1. The van der Waals surface area contributed by atoms with Crippen molar-refractivity contribution in [1.82, 2.24) is 4.90 Å². The van der Waals surface area contributed by atoms with E-state index < -0.39 is 0 Å². The highest BCUT2D eigenvalue weighted by atomic mass is 16.5. The summed E-state index contributed by atoms with van der Waals surface area (Å²) in [6.07, 6.45) is 11.6. The molecule has 0 radical (unpaired) electrons. The summed E-state index contributed by atoms with van der Waals surface area (Å²) in [5.74, 6) is 6.69. The van der Waals surface area contributed by atoms with Crippen LogP contribution in [0.3, 0.4) is 0 Å². The molecule has 4 aliphatic rings. The van der Waals surface area contributed by atoms with Crippen molar-refractivity contribution >= 4 is 5.78 Å². The Bertz CT molecular complexity index is 997. The number of hydrogen-bond acceptors (Lipinski definition) is 4. The van der Waals surface area contributed by atoms with Crippen LogP contribution in [0.25, 0.3) is 0 Å². The van der Waals surface area contributed by atoms with E-state index in [0.29, 0.717) is 23.0 Å². The average molecular weight is 508 g/mol. The van der Waals surface area contributed by atoms with Gasteiger partial charge in [-0.3, -0.25) is 9.69 Å². The number of rotatable bonds is 9. The molecular formula is C33H49NO3. The zero-order valence-corrected chi connectivity index (χ0v) is 23.9. The number of nitrogens with zero attached hydrogens (tertiary/aromatic N) is 1. The summed E-state index contributed by atoms with van der Waals surface area (Å²) in [4.78, 5) is 14.5. The standard InChI is InChI=1S/C33H49NO3/c1-6-34(7-2)21-23-8-13-30(31(19-23)36-5)37-17-15-25-9-12-29-32-22(3)18-24-20-26(35)10-11-27(24)28(32)14-16-33(25,29)4/h8,13,19-20,22,25,27-29,32H,6-7,9-12,14-18,21H2,1-5H3/t22-,25-,27?,28?,29?,32?,33?/m1/s1. The topological polar surface area (TPSA) is 38.8 Å². The Labute approximate surface area is 225 Å². The van der Waals surface area contributed by atoms with E-state index in [2.05, 4.69) is 50.8 Å². The molecule has 0 heterocycles. The second-order valence-electron chi connectivity index (χ2n) is 12.8. The first kappa shape index (κ1) is 26.8. The van der Waals surface area contributed by atoms with Gasteiger partial charge in [-0.2, -0.15) is 0 Å². The molecule has 4 heteroatoms. The molecule has 5 unspecified atom stereocenters. The normalized spacial score (nSPS) is 35.0. The van der Waals surface area contributed by atoms with Crippen LogP contribution >= 0.6 is 0 Å². The lowest BCUT2D eigenvalue weighted by molar-refractivity contribution is -0.116. The molecule has 0 spiro atoms. The zero-order valence-electron chi connectivity index (χ0n) is 23.9. The van der Waals surface area contributed by atoms with Crippen molar-refractivity contribution in [2.24, 2.45) is 40.9 Å². The van der Waals surface area contributed by atoms with Crippen LogP contribution in [0.1, 0.15) is 84.6 Å². The van der Waals surface area contributed by atoms with Crippen molar-refractivity contribution in [3.05, 3.63) is 35.4 Å². The molecule has 0 aliphatic heterocycles. The van der Waals surface area contributed by atoms with Gasteiger partial charge >= 0.3 is 0 Å². The highest BCUT2D eigenvalue weighted by molar-refractivity contribution is 5.91. The van der Waals surface area contributed by atoms with Crippen LogP contribution in [0.4, 0.5) is 0 Å². The number of fused-ring (bicyclic) bond motifs is 5. The Kier molecular flexibility index (Phi) is 8.05. The van der Waals surface area contributed by atoms with Crippen molar-refractivity contribution in [1.29, 1.82) is 0 Å². The Morgan fingerprint density at radius 3 is 2.65 bits per heavy atom. The van der Waals surface area contributed by atoms with E-state index in [1.165, 1.54) is 36.8 Å². The number of methoxy groups -OCH3 is 1. The number of benzene rings is 1. The molecule has 0 amide bonds. The van der Waals surface area contributed by atoms with Gasteiger partial charge in [0.15, 0.2) is 17.3 Å². The molecule has 0 N–H and O–H groups in total. The highest BCUT2D eigenvalue weighted by Gasteiger charge is 2.57. The second kappa shape index (κ2) is 11.1. The van der Waals surface area contributed by atoms with Crippen LogP contribution in [-0.2, 0) is 11.3 Å². The van der Waals surface area contributed by atoms with Crippen molar-refractivity contribution < 1.29 is 14.3 Å². The maximum absolute atomic E-state index is 12.1. The largest absolute Gasteiger partial charge is 0.493 e. The van der Waals surface area contributed by atoms with Crippen LogP contribution in [0.15, 0.2) is 29.8 Å². The minimum atomic E-state index is 0.369. The van der Waals surface area contributed by atoms with Crippen LogP contribution in [-0.4, -0.2) is 37.5 Å². The molecule has 1 aromatic rings. The first-order valence-corrected chi connectivity index (χ1v) is 15.1. The average Bonchev–Trinajstić information content (AvgIpc) is 3.23. The third-order valence-corrected chi connectivity index (χ3v) is 11.1. The van der Waals surface area contributed by atoms with Gasteiger partial charge in [0, 0.05) is 13.0 Å². The predicted molar refractivity (Wildman–Crippen MR) is 150 cm³/mol. The number of ether oxygens (including phenoxy) is 2. The van der Waals surface area contributed by atoms with Gasteiger partial charge < -0.3 is 9.47 Å². The third kappa shape index (κ3) is 5.12. The lowest BCUT2D eigenvalue weighted by atomic mass is 9.49. The van der Waals surface area contributed by atoms with E-state index in [1.807, 2.05) is 6.08 Å². The van der Waals surface area contributed by atoms with Gasteiger partial charge in [0.25, 0.3) is 0 Å². The van der Waals surface area contributed by atoms with Gasteiger partial charge in [-0.1, -0.05) is 39.3 Å². The number of carbonyl (C=O) groups excluding carboxylic acids is 1. The summed E-state index contributed by atoms with van der Waals surface area (Å²) in [6.45, 7) is 13.3. The van der Waals surface area contributed by atoms with E-state index in [0.717, 1.165) is 87.1 Å². The summed E-state index contributed by atoms with van der Waals surface area (Å²) in [5, 5.41) is 0. The van der Waals surface area contributed by atoms with E-state index >= 15 is 0 Å². The fourth-order valence-corrected chi connectivity index (χ4v) is 9.12. The molecule has 4 aliphatic carbocycles. The third-order valence-electron chi connectivity index (χ3n) is 11.1. The number of carbonyl (C=O) groups is 1. The first-order valence-electron chi connectivity index (χ1n) is 15.1. The lowest BCUT2D eigenvalue weighted by Gasteiger charge is -2.56. The maximum Gasteiger partial charge on any atom is 0.161 e. The summed E-state index contributed by atoms with van der Waals surface area (Å²) in [5.41, 5.74) is 3.20. The molecule has 3 fully saturated rings. The molecule has 1 aromatic carbocycles. The van der Waals surface area contributed by atoms with E-state index in [4.69, 9.17) is 9.47 Å².